The Morgan fingerprint density at radius 1 is 1.19 bits per heavy atom. The molecule has 6 nitrogen and oxygen atoms in total. The number of nitro benzene ring substituents is 1. The van der Waals surface area contributed by atoms with Gasteiger partial charge in [-0.25, -0.2) is 0 Å². The molecule has 0 spiro atoms. The Bertz CT molecular complexity index is 810. The topological polar surface area (TPSA) is 75.5 Å². The second kappa shape index (κ2) is 8.31. The molecule has 27 heavy (non-hydrogen) atoms. The Labute approximate surface area is 160 Å². The van der Waals surface area contributed by atoms with E-state index in [1.165, 1.54) is 11.6 Å². The van der Waals surface area contributed by atoms with Crippen LogP contribution in [0, 0.1) is 10.1 Å². The first-order valence-corrected chi connectivity index (χ1v) is 8.93. The number of nitrogens with zero attached hydrogens (tertiary/aromatic N) is 2. The molecule has 2 aromatic carbocycles. The van der Waals surface area contributed by atoms with Crippen molar-refractivity contribution < 1.29 is 9.72 Å². The lowest BCUT2D eigenvalue weighted by atomic mass is 9.87. The molecule has 1 atom stereocenters. The predicted molar refractivity (Wildman–Crippen MR) is 108 cm³/mol. The van der Waals surface area contributed by atoms with Crippen molar-refractivity contribution in [1.29, 1.82) is 0 Å². The van der Waals surface area contributed by atoms with Crippen molar-refractivity contribution in [2.45, 2.75) is 39.2 Å². The van der Waals surface area contributed by atoms with Crippen LogP contribution >= 0.6 is 0 Å². The van der Waals surface area contributed by atoms with Gasteiger partial charge < -0.3 is 5.32 Å². The van der Waals surface area contributed by atoms with Crippen LogP contribution in [-0.2, 0) is 10.2 Å². The number of carbonyl (C=O) groups is 1. The smallest absolute Gasteiger partial charge is 0.269 e. The number of nitrogens with one attached hydrogen (secondary N) is 1. The second-order valence-corrected chi connectivity index (χ2v) is 7.82. The number of anilines is 1. The zero-order chi connectivity index (χ0) is 20.2. The normalized spacial score (nSPS) is 12.7. The Kier molecular flexibility index (Phi) is 6.33. The molecule has 0 aliphatic carbocycles. The van der Waals surface area contributed by atoms with Gasteiger partial charge in [-0.05, 0) is 42.6 Å². The number of non-ortho nitro benzene ring substituents is 1. The zero-order valence-corrected chi connectivity index (χ0v) is 16.5. The molecule has 0 heterocycles. The van der Waals surface area contributed by atoms with Gasteiger partial charge in [0, 0.05) is 23.9 Å². The summed E-state index contributed by atoms with van der Waals surface area (Å²) in [7, 11) is 1.83. The zero-order valence-electron chi connectivity index (χ0n) is 16.5. The highest BCUT2D eigenvalue weighted by atomic mass is 16.6. The molecular formula is C21H27N3O3. The van der Waals surface area contributed by atoms with E-state index in [1.54, 1.807) is 12.1 Å². The first kappa shape index (κ1) is 20.6. The maximum absolute atomic E-state index is 12.4. The molecule has 2 rings (SSSR count). The van der Waals surface area contributed by atoms with Gasteiger partial charge in [-0.15, -0.1) is 0 Å². The SMILES string of the molecule is CC(c1cccc([N+](=O)[O-])c1)N(C)CC(=O)Nc1ccc(C(C)(C)C)cc1. The van der Waals surface area contributed by atoms with Crippen LogP contribution in [0.3, 0.4) is 0 Å². The molecule has 1 N–H and O–H groups in total. The molecule has 1 unspecified atom stereocenters. The van der Waals surface area contributed by atoms with E-state index < -0.39 is 4.92 Å². The summed E-state index contributed by atoms with van der Waals surface area (Å²) in [6.45, 7) is 8.54. The van der Waals surface area contributed by atoms with Crippen LogP contribution in [0.25, 0.3) is 0 Å². The number of benzene rings is 2. The standard InChI is InChI=1S/C21H27N3O3/c1-15(16-7-6-8-19(13-16)24(26)27)23(5)14-20(25)22-18-11-9-17(10-12-18)21(2,3)4/h6-13,15H,14H2,1-5H3,(H,22,25). The number of carbonyl (C=O) groups excluding carboxylic acids is 1. The lowest BCUT2D eigenvalue weighted by Crippen LogP contribution is -2.32. The van der Waals surface area contributed by atoms with Crippen molar-refractivity contribution in [3.8, 4) is 0 Å². The minimum Gasteiger partial charge on any atom is -0.325 e. The molecule has 0 fully saturated rings. The fourth-order valence-corrected chi connectivity index (χ4v) is 2.77. The molecule has 144 valence electrons. The molecule has 1 amide bonds. The van der Waals surface area contributed by atoms with E-state index in [1.807, 2.05) is 49.2 Å². The average Bonchev–Trinajstić information content (AvgIpc) is 2.60. The lowest BCUT2D eigenvalue weighted by Gasteiger charge is -2.24. The van der Waals surface area contributed by atoms with E-state index in [-0.39, 0.29) is 29.6 Å². The highest BCUT2D eigenvalue weighted by Gasteiger charge is 2.18. The Morgan fingerprint density at radius 3 is 2.37 bits per heavy atom. The van der Waals surface area contributed by atoms with E-state index in [2.05, 4.69) is 26.1 Å². The summed E-state index contributed by atoms with van der Waals surface area (Å²) in [6, 6.07) is 14.2. The summed E-state index contributed by atoms with van der Waals surface area (Å²) >= 11 is 0. The van der Waals surface area contributed by atoms with Crippen LogP contribution in [0.2, 0.25) is 0 Å². The number of hydrogen-bond donors (Lipinski definition) is 1. The minimum absolute atomic E-state index is 0.0520. The van der Waals surface area contributed by atoms with Gasteiger partial charge in [0.1, 0.15) is 0 Å². The fourth-order valence-electron chi connectivity index (χ4n) is 2.77. The van der Waals surface area contributed by atoms with Crippen LogP contribution in [-0.4, -0.2) is 29.3 Å². The number of amides is 1. The summed E-state index contributed by atoms with van der Waals surface area (Å²) in [5.74, 6) is -0.127. The molecular weight excluding hydrogens is 342 g/mol. The van der Waals surface area contributed by atoms with E-state index >= 15 is 0 Å². The van der Waals surface area contributed by atoms with Crippen LogP contribution in [0.1, 0.15) is 44.9 Å². The average molecular weight is 369 g/mol. The highest BCUT2D eigenvalue weighted by Crippen LogP contribution is 2.24. The summed E-state index contributed by atoms with van der Waals surface area (Å²) in [4.78, 5) is 24.7. The van der Waals surface area contributed by atoms with Gasteiger partial charge in [0.05, 0.1) is 11.5 Å². The first-order valence-electron chi connectivity index (χ1n) is 8.93. The molecule has 0 radical (unpaired) electrons. The summed E-state index contributed by atoms with van der Waals surface area (Å²) in [6.07, 6.45) is 0. The van der Waals surface area contributed by atoms with Crippen LogP contribution in [0.4, 0.5) is 11.4 Å². The minimum atomic E-state index is -0.413. The van der Waals surface area contributed by atoms with E-state index in [9.17, 15) is 14.9 Å². The van der Waals surface area contributed by atoms with Crippen LogP contribution in [0.15, 0.2) is 48.5 Å². The number of rotatable bonds is 6. The number of nitro groups is 1. The summed E-state index contributed by atoms with van der Waals surface area (Å²) < 4.78 is 0. The molecule has 0 aliphatic heterocycles. The predicted octanol–water partition coefficient (Wildman–Crippen LogP) is 4.52. The largest absolute Gasteiger partial charge is 0.325 e. The van der Waals surface area contributed by atoms with Gasteiger partial charge in [0.15, 0.2) is 0 Å². The van der Waals surface area contributed by atoms with E-state index in [4.69, 9.17) is 0 Å². The molecule has 2 aromatic rings. The number of hydrogen-bond acceptors (Lipinski definition) is 4. The number of likely N-dealkylation sites (N-methyl/N-ethyl adjacent to an activating group) is 1. The summed E-state index contributed by atoms with van der Waals surface area (Å²) in [5.41, 5.74) is 2.88. The first-order chi connectivity index (χ1) is 12.6. The molecule has 0 saturated heterocycles. The van der Waals surface area contributed by atoms with Gasteiger partial charge >= 0.3 is 0 Å². The Hall–Kier alpha value is -2.73. The molecule has 0 bridgehead atoms. The van der Waals surface area contributed by atoms with Crippen molar-refractivity contribution in [2.75, 3.05) is 18.9 Å². The molecule has 0 aliphatic rings. The molecule has 0 aromatic heterocycles. The third kappa shape index (κ3) is 5.62. The van der Waals surface area contributed by atoms with Crippen molar-refractivity contribution in [2.24, 2.45) is 0 Å². The monoisotopic (exact) mass is 369 g/mol. The van der Waals surface area contributed by atoms with Gasteiger partial charge in [-0.3, -0.25) is 19.8 Å². The van der Waals surface area contributed by atoms with E-state index in [0.29, 0.717) is 0 Å². The Morgan fingerprint density at radius 2 is 1.81 bits per heavy atom. The van der Waals surface area contributed by atoms with Gasteiger partial charge in [-0.2, -0.15) is 0 Å². The van der Waals surface area contributed by atoms with Gasteiger partial charge in [0.2, 0.25) is 5.91 Å². The van der Waals surface area contributed by atoms with Crippen LogP contribution < -0.4 is 5.32 Å². The maximum atomic E-state index is 12.4. The Balaban J connectivity index is 1.98. The van der Waals surface area contributed by atoms with Gasteiger partial charge in [-0.1, -0.05) is 45.0 Å². The van der Waals surface area contributed by atoms with Crippen molar-refractivity contribution in [1.82, 2.24) is 4.90 Å². The van der Waals surface area contributed by atoms with Crippen molar-refractivity contribution in [3.63, 3.8) is 0 Å². The second-order valence-electron chi connectivity index (χ2n) is 7.82. The van der Waals surface area contributed by atoms with Gasteiger partial charge in [0.25, 0.3) is 5.69 Å². The van der Waals surface area contributed by atoms with Crippen LogP contribution in [0.5, 0.6) is 0 Å². The van der Waals surface area contributed by atoms with Crippen molar-refractivity contribution in [3.05, 3.63) is 69.8 Å². The van der Waals surface area contributed by atoms with E-state index in [0.717, 1.165) is 11.3 Å². The quantitative estimate of drug-likeness (QED) is 0.600. The van der Waals surface area contributed by atoms with Crippen molar-refractivity contribution >= 4 is 17.3 Å². The third-order valence-electron chi connectivity index (χ3n) is 4.65. The third-order valence-corrected chi connectivity index (χ3v) is 4.65. The molecule has 6 heteroatoms. The summed E-state index contributed by atoms with van der Waals surface area (Å²) in [5, 5.41) is 13.8. The highest BCUT2D eigenvalue weighted by molar-refractivity contribution is 5.92. The fraction of sp³-hybridized carbons (Fsp3) is 0.381. The molecule has 0 saturated carbocycles. The maximum Gasteiger partial charge on any atom is 0.269 e. The lowest BCUT2D eigenvalue weighted by molar-refractivity contribution is -0.384.